The molecule has 74 valence electrons. The van der Waals surface area contributed by atoms with Crippen molar-refractivity contribution in [3.8, 4) is 0 Å². The lowest BCUT2D eigenvalue weighted by Crippen LogP contribution is -2.26. The molecule has 1 aromatic rings. The molecule has 0 radical (unpaired) electrons. The van der Waals surface area contributed by atoms with E-state index in [1.807, 2.05) is 18.7 Å². The highest BCUT2D eigenvalue weighted by atomic mass is 15.3. The zero-order valence-electron chi connectivity index (χ0n) is 9.13. The SMILES string of the molecule is Cc1nn(C)cc1C(C)NC(C)C. The minimum absolute atomic E-state index is 0.383. The molecule has 0 amide bonds. The van der Waals surface area contributed by atoms with Crippen LogP contribution < -0.4 is 5.32 Å². The monoisotopic (exact) mass is 181 g/mol. The summed E-state index contributed by atoms with van der Waals surface area (Å²) in [5, 5.41) is 7.78. The molecule has 1 atom stereocenters. The minimum Gasteiger partial charge on any atom is -0.308 e. The summed E-state index contributed by atoms with van der Waals surface area (Å²) in [5.74, 6) is 0. The molecule has 3 heteroatoms. The van der Waals surface area contributed by atoms with Crippen LogP contribution in [0.2, 0.25) is 0 Å². The molecule has 0 bridgehead atoms. The summed E-state index contributed by atoms with van der Waals surface area (Å²) in [5.41, 5.74) is 2.40. The lowest BCUT2D eigenvalue weighted by Gasteiger charge is -2.15. The van der Waals surface area contributed by atoms with Gasteiger partial charge in [0, 0.05) is 30.9 Å². The Balaban J connectivity index is 2.76. The summed E-state index contributed by atoms with van der Waals surface area (Å²) in [6, 6.07) is 0.892. The molecule has 0 aliphatic rings. The van der Waals surface area contributed by atoms with E-state index in [2.05, 4.69) is 37.4 Å². The van der Waals surface area contributed by atoms with Gasteiger partial charge in [-0.15, -0.1) is 0 Å². The van der Waals surface area contributed by atoms with Gasteiger partial charge in [-0.3, -0.25) is 4.68 Å². The number of aromatic nitrogens is 2. The number of aryl methyl sites for hydroxylation is 2. The lowest BCUT2D eigenvalue weighted by atomic mass is 10.1. The summed E-state index contributed by atoms with van der Waals surface area (Å²) in [6.45, 7) is 8.53. The van der Waals surface area contributed by atoms with Crippen molar-refractivity contribution in [1.82, 2.24) is 15.1 Å². The van der Waals surface area contributed by atoms with Gasteiger partial charge < -0.3 is 5.32 Å². The third-order valence-corrected chi connectivity index (χ3v) is 2.10. The van der Waals surface area contributed by atoms with Crippen LogP contribution in [0.4, 0.5) is 0 Å². The van der Waals surface area contributed by atoms with Crippen LogP contribution in [-0.4, -0.2) is 15.8 Å². The molecule has 1 unspecified atom stereocenters. The Kier molecular flexibility index (Phi) is 3.09. The van der Waals surface area contributed by atoms with Gasteiger partial charge in [-0.1, -0.05) is 13.8 Å². The largest absolute Gasteiger partial charge is 0.308 e. The molecule has 0 saturated carbocycles. The van der Waals surface area contributed by atoms with Gasteiger partial charge in [-0.05, 0) is 13.8 Å². The van der Waals surface area contributed by atoms with Gasteiger partial charge in [0.25, 0.3) is 0 Å². The predicted octanol–water partition coefficient (Wildman–Crippen LogP) is 1.79. The molecule has 13 heavy (non-hydrogen) atoms. The molecule has 1 heterocycles. The molecule has 0 fully saturated rings. The Bertz CT molecular complexity index is 276. The van der Waals surface area contributed by atoms with Crippen LogP contribution in [0, 0.1) is 6.92 Å². The summed E-state index contributed by atoms with van der Waals surface area (Å²) >= 11 is 0. The van der Waals surface area contributed by atoms with Crippen molar-refractivity contribution in [2.75, 3.05) is 0 Å². The van der Waals surface area contributed by atoms with E-state index in [1.54, 1.807) is 0 Å². The highest BCUT2D eigenvalue weighted by Crippen LogP contribution is 2.15. The van der Waals surface area contributed by atoms with Gasteiger partial charge >= 0.3 is 0 Å². The standard InChI is InChI=1S/C10H19N3/c1-7(2)11-8(3)10-6-13(5)12-9(10)4/h6-8,11H,1-5H3. The maximum absolute atomic E-state index is 4.32. The second-order valence-corrected chi connectivity index (χ2v) is 3.89. The van der Waals surface area contributed by atoms with Gasteiger partial charge in [0.2, 0.25) is 0 Å². The van der Waals surface area contributed by atoms with Crippen molar-refractivity contribution in [2.45, 2.75) is 39.8 Å². The van der Waals surface area contributed by atoms with Crippen molar-refractivity contribution >= 4 is 0 Å². The third-order valence-electron chi connectivity index (χ3n) is 2.10. The maximum Gasteiger partial charge on any atom is 0.0641 e. The maximum atomic E-state index is 4.32. The fourth-order valence-corrected chi connectivity index (χ4v) is 1.63. The van der Waals surface area contributed by atoms with E-state index in [9.17, 15) is 0 Å². The molecule has 0 aliphatic heterocycles. The van der Waals surface area contributed by atoms with E-state index >= 15 is 0 Å². The summed E-state index contributed by atoms with van der Waals surface area (Å²) in [4.78, 5) is 0. The lowest BCUT2D eigenvalue weighted by molar-refractivity contribution is 0.504. The Morgan fingerprint density at radius 3 is 2.38 bits per heavy atom. The zero-order chi connectivity index (χ0) is 10.0. The second-order valence-electron chi connectivity index (χ2n) is 3.89. The van der Waals surface area contributed by atoms with E-state index < -0.39 is 0 Å². The smallest absolute Gasteiger partial charge is 0.0641 e. The Morgan fingerprint density at radius 1 is 1.38 bits per heavy atom. The molecule has 0 spiro atoms. The van der Waals surface area contributed by atoms with Crippen LogP contribution in [0.25, 0.3) is 0 Å². The van der Waals surface area contributed by atoms with Crippen molar-refractivity contribution in [1.29, 1.82) is 0 Å². The van der Waals surface area contributed by atoms with E-state index in [-0.39, 0.29) is 0 Å². The first-order valence-electron chi connectivity index (χ1n) is 4.77. The molecule has 1 rings (SSSR count). The first-order valence-corrected chi connectivity index (χ1v) is 4.77. The van der Waals surface area contributed by atoms with E-state index in [4.69, 9.17) is 0 Å². The Morgan fingerprint density at radius 2 is 2.00 bits per heavy atom. The van der Waals surface area contributed by atoms with Crippen molar-refractivity contribution in [3.05, 3.63) is 17.5 Å². The molecule has 1 N–H and O–H groups in total. The summed E-state index contributed by atoms with van der Waals surface area (Å²) < 4.78 is 1.86. The topological polar surface area (TPSA) is 29.9 Å². The average Bonchev–Trinajstić information content (AvgIpc) is 2.28. The molecule has 0 aromatic carbocycles. The molecule has 1 aromatic heterocycles. The van der Waals surface area contributed by atoms with Gasteiger partial charge in [0.15, 0.2) is 0 Å². The number of rotatable bonds is 3. The highest BCUT2D eigenvalue weighted by molar-refractivity contribution is 5.19. The fourth-order valence-electron chi connectivity index (χ4n) is 1.63. The molecular formula is C10H19N3. The second kappa shape index (κ2) is 3.92. The van der Waals surface area contributed by atoms with Crippen LogP contribution in [0.3, 0.4) is 0 Å². The fraction of sp³-hybridized carbons (Fsp3) is 0.700. The first-order chi connectivity index (χ1) is 6.00. The van der Waals surface area contributed by atoms with Gasteiger partial charge in [0.1, 0.15) is 0 Å². The van der Waals surface area contributed by atoms with E-state index in [0.29, 0.717) is 12.1 Å². The van der Waals surface area contributed by atoms with Crippen molar-refractivity contribution in [3.63, 3.8) is 0 Å². The average molecular weight is 181 g/mol. The van der Waals surface area contributed by atoms with E-state index in [0.717, 1.165) is 5.69 Å². The molecule has 3 nitrogen and oxygen atoms in total. The van der Waals surface area contributed by atoms with Crippen molar-refractivity contribution in [2.24, 2.45) is 7.05 Å². The molecule has 0 aliphatic carbocycles. The predicted molar refractivity (Wildman–Crippen MR) is 54.6 cm³/mol. The molecule has 0 saturated heterocycles. The molecular weight excluding hydrogens is 162 g/mol. The number of hydrogen-bond donors (Lipinski definition) is 1. The van der Waals surface area contributed by atoms with Crippen LogP contribution in [0.15, 0.2) is 6.20 Å². The van der Waals surface area contributed by atoms with Crippen LogP contribution >= 0.6 is 0 Å². The van der Waals surface area contributed by atoms with Crippen LogP contribution in [-0.2, 0) is 7.05 Å². The number of nitrogens with one attached hydrogen (secondary N) is 1. The first kappa shape index (κ1) is 10.3. The van der Waals surface area contributed by atoms with Gasteiger partial charge in [0.05, 0.1) is 5.69 Å². The third kappa shape index (κ3) is 2.56. The minimum atomic E-state index is 0.383. The highest BCUT2D eigenvalue weighted by Gasteiger charge is 2.11. The van der Waals surface area contributed by atoms with Gasteiger partial charge in [-0.25, -0.2) is 0 Å². The summed E-state index contributed by atoms with van der Waals surface area (Å²) in [7, 11) is 1.96. The number of nitrogens with zero attached hydrogens (tertiary/aromatic N) is 2. The normalized spacial score (nSPS) is 13.7. The van der Waals surface area contributed by atoms with E-state index in [1.165, 1.54) is 5.56 Å². The quantitative estimate of drug-likeness (QED) is 0.770. The number of hydrogen-bond acceptors (Lipinski definition) is 2. The van der Waals surface area contributed by atoms with Crippen molar-refractivity contribution < 1.29 is 0 Å². The van der Waals surface area contributed by atoms with Gasteiger partial charge in [-0.2, -0.15) is 5.10 Å². The Labute approximate surface area is 80.1 Å². The van der Waals surface area contributed by atoms with Crippen LogP contribution in [0.5, 0.6) is 0 Å². The summed E-state index contributed by atoms with van der Waals surface area (Å²) in [6.07, 6.45) is 2.08. The van der Waals surface area contributed by atoms with Crippen LogP contribution in [0.1, 0.15) is 38.1 Å². The Hall–Kier alpha value is -0.830. The zero-order valence-corrected chi connectivity index (χ0v) is 9.13.